The van der Waals surface area contributed by atoms with Gasteiger partial charge in [0.15, 0.2) is 0 Å². The number of rotatable bonds is 1. The SMILES string of the molecule is Cc1cccc([C@@H]2CC(=O)Nc3c2c(C)nn3C)c1. The molecule has 1 aromatic heterocycles. The number of benzene rings is 1. The molecule has 0 saturated heterocycles. The monoisotopic (exact) mass is 255 g/mol. The summed E-state index contributed by atoms with van der Waals surface area (Å²) in [4.78, 5) is 11.9. The summed E-state index contributed by atoms with van der Waals surface area (Å²) in [7, 11) is 1.87. The zero-order chi connectivity index (χ0) is 13.6. The standard InChI is InChI=1S/C15H17N3O/c1-9-5-4-6-11(7-9)12-8-13(19)16-15-14(12)10(2)17-18(15)3/h4-7,12H,8H2,1-3H3,(H,16,19)/t12-/m0/s1. The van der Waals surface area contributed by atoms with Crippen molar-refractivity contribution in [2.45, 2.75) is 26.2 Å². The molecular weight excluding hydrogens is 238 g/mol. The number of carbonyl (C=O) groups excluding carboxylic acids is 1. The first kappa shape index (κ1) is 12.0. The van der Waals surface area contributed by atoms with E-state index in [2.05, 4.69) is 35.5 Å². The number of hydrogen-bond acceptors (Lipinski definition) is 2. The normalized spacial score (nSPS) is 18.1. The highest BCUT2D eigenvalue weighted by Gasteiger charge is 2.31. The summed E-state index contributed by atoms with van der Waals surface area (Å²) in [5.41, 5.74) is 4.54. The van der Waals surface area contributed by atoms with Crippen LogP contribution in [0, 0.1) is 13.8 Å². The third-order valence-corrected chi connectivity index (χ3v) is 3.71. The molecule has 0 radical (unpaired) electrons. The van der Waals surface area contributed by atoms with Crippen molar-refractivity contribution in [3.63, 3.8) is 0 Å². The molecule has 1 atom stereocenters. The second-order valence-corrected chi connectivity index (χ2v) is 5.19. The molecule has 19 heavy (non-hydrogen) atoms. The molecule has 1 aromatic carbocycles. The smallest absolute Gasteiger partial charge is 0.226 e. The van der Waals surface area contributed by atoms with Crippen LogP contribution in [0.4, 0.5) is 5.82 Å². The highest BCUT2D eigenvalue weighted by molar-refractivity contribution is 5.94. The van der Waals surface area contributed by atoms with E-state index < -0.39 is 0 Å². The van der Waals surface area contributed by atoms with Crippen LogP contribution in [0.5, 0.6) is 0 Å². The molecular formula is C15H17N3O. The summed E-state index contributed by atoms with van der Waals surface area (Å²) in [5, 5.41) is 7.35. The molecule has 1 N–H and O–H groups in total. The maximum atomic E-state index is 11.9. The number of hydrogen-bond donors (Lipinski definition) is 1. The van der Waals surface area contributed by atoms with Gasteiger partial charge in [-0.15, -0.1) is 0 Å². The first-order valence-corrected chi connectivity index (χ1v) is 6.46. The Morgan fingerprint density at radius 1 is 1.37 bits per heavy atom. The van der Waals surface area contributed by atoms with E-state index in [-0.39, 0.29) is 11.8 Å². The van der Waals surface area contributed by atoms with E-state index in [4.69, 9.17) is 0 Å². The minimum atomic E-state index is 0.0574. The zero-order valence-corrected chi connectivity index (χ0v) is 11.4. The van der Waals surface area contributed by atoms with Gasteiger partial charge in [0.2, 0.25) is 5.91 Å². The van der Waals surface area contributed by atoms with Gasteiger partial charge < -0.3 is 5.32 Å². The fourth-order valence-corrected chi connectivity index (χ4v) is 2.88. The topological polar surface area (TPSA) is 46.9 Å². The van der Waals surface area contributed by atoms with E-state index in [1.807, 2.05) is 20.0 Å². The molecule has 0 aliphatic carbocycles. The number of nitrogens with zero attached hydrogens (tertiary/aromatic N) is 2. The first-order chi connectivity index (χ1) is 9.06. The minimum absolute atomic E-state index is 0.0574. The quantitative estimate of drug-likeness (QED) is 0.851. The van der Waals surface area contributed by atoms with E-state index in [0.717, 1.165) is 17.1 Å². The number of nitrogens with one attached hydrogen (secondary N) is 1. The van der Waals surface area contributed by atoms with Gasteiger partial charge in [0.05, 0.1) is 5.69 Å². The lowest BCUT2D eigenvalue weighted by molar-refractivity contribution is -0.116. The zero-order valence-electron chi connectivity index (χ0n) is 11.4. The lowest BCUT2D eigenvalue weighted by Gasteiger charge is -2.24. The van der Waals surface area contributed by atoms with Crippen LogP contribution in [0.15, 0.2) is 24.3 Å². The molecule has 4 nitrogen and oxygen atoms in total. The average Bonchev–Trinajstić information content (AvgIpc) is 2.64. The third-order valence-electron chi connectivity index (χ3n) is 3.71. The second-order valence-electron chi connectivity index (χ2n) is 5.19. The Morgan fingerprint density at radius 3 is 2.89 bits per heavy atom. The Bertz CT molecular complexity index is 657. The molecule has 0 fully saturated rings. The van der Waals surface area contributed by atoms with E-state index in [1.54, 1.807) is 4.68 Å². The highest BCUT2D eigenvalue weighted by Crippen LogP contribution is 2.38. The van der Waals surface area contributed by atoms with E-state index in [9.17, 15) is 4.79 Å². The van der Waals surface area contributed by atoms with Gasteiger partial charge in [0.1, 0.15) is 5.82 Å². The van der Waals surface area contributed by atoms with E-state index >= 15 is 0 Å². The molecule has 1 aliphatic rings. The summed E-state index contributed by atoms with van der Waals surface area (Å²) in [6.45, 7) is 4.07. The highest BCUT2D eigenvalue weighted by atomic mass is 16.1. The molecule has 1 aliphatic heterocycles. The molecule has 0 spiro atoms. The summed E-state index contributed by atoms with van der Waals surface area (Å²) in [6, 6.07) is 8.36. The van der Waals surface area contributed by atoms with Crippen LogP contribution in [0.3, 0.4) is 0 Å². The van der Waals surface area contributed by atoms with Gasteiger partial charge in [0.25, 0.3) is 0 Å². The summed E-state index contributed by atoms with van der Waals surface area (Å²) < 4.78 is 1.75. The van der Waals surface area contributed by atoms with Gasteiger partial charge in [-0.2, -0.15) is 5.10 Å². The lowest BCUT2D eigenvalue weighted by atomic mass is 9.85. The molecule has 0 bridgehead atoms. The summed E-state index contributed by atoms with van der Waals surface area (Å²) >= 11 is 0. The predicted octanol–water partition coefficient (Wildman–Crippen LogP) is 2.51. The predicted molar refractivity (Wildman–Crippen MR) is 74.2 cm³/mol. The van der Waals surface area contributed by atoms with Crippen molar-refractivity contribution in [2.75, 3.05) is 5.32 Å². The molecule has 1 amide bonds. The van der Waals surface area contributed by atoms with Crippen LogP contribution in [0.1, 0.15) is 34.7 Å². The van der Waals surface area contributed by atoms with Crippen molar-refractivity contribution in [1.82, 2.24) is 9.78 Å². The second kappa shape index (κ2) is 4.23. The van der Waals surface area contributed by atoms with Gasteiger partial charge in [-0.25, -0.2) is 0 Å². The molecule has 3 rings (SSSR count). The molecule has 4 heteroatoms. The Morgan fingerprint density at radius 2 is 2.16 bits per heavy atom. The average molecular weight is 255 g/mol. The van der Waals surface area contributed by atoms with Gasteiger partial charge >= 0.3 is 0 Å². The van der Waals surface area contributed by atoms with Gasteiger partial charge in [-0.05, 0) is 19.4 Å². The number of aryl methyl sites for hydroxylation is 3. The van der Waals surface area contributed by atoms with Crippen LogP contribution >= 0.6 is 0 Å². The summed E-state index contributed by atoms with van der Waals surface area (Å²) in [6.07, 6.45) is 0.489. The fourth-order valence-electron chi connectivity index (χ4n) is 2.88. The molecule has 0 saturated carbocycles. The number of carbonyl (C=O) groups is 1. The Kier molecular flexibility index (Phi) is 2.66. The molecule has 0 unspecified atom stereocenters. The Hall–Kier alpha value is -2.10. The van der Waals surface area contributed by atoms with E-state index in [0.29, 0.717) is 6.42 Å². The Balaban J connectivity index is 2.16. The first-order valence-electron chi connectivity index (χ1n) is 6.46. The lowest BCUT2D eigenvalue weighted by Crippen LogP contribution is -2.24. The van der Waals surface area contributed by atoms with Crippen molar-refractivity contribution in [2.24, 2.45) is 7.05 Å². The van der Waals surface area contributed by atoms with Gasteiger partial charge in [0, 0.05) is 24.9 Å². The van der Waals surface area contributed by atoms with Crippen molar-refractivity contribution in [3.05, 3.63) is 46.6 Å². The minimum Gasteiger partial charge on any atom is -0.311 e. The van der Waals surface area contributed by atoms with Crippen LogP contribution in [-0.2, 0) is 11.8 Å². The van der Waals surface area contributed by atoms with Crippen molar-refractivity contribution < 1.29 is 4.79 Å². The maximum absolute atomic E-state index is 11.9. The molecule has 2 aromatic rings. The fraction of sp³-hybridized carbons (Fsp3) is 0.333. The number of anilines is 1. The maximum Gasteiger partial charge on any atom is 0.226 e. The van der Waals surface area contributed by atoms with Crippen LogP contribution < -0.4 is 5.32 Å². The van der Waals surface area contributed by atoms with Gasteiger partial charge in [-0.1, -0.05) is 29.8 Å². The molecule has 98 valence electrons. The molecule has 2 heterocycles. The van der Waals surface area contributed by atoms with Crippen molar-refractivity contribution in [1.29, 1.82) is 0 Å². The van der Waals surface area contributed by atoms with Crippen LogP contribution in [-0.4, -0.2) is 15.7 Å². The van der Waals surface area contributed by atoms with Crippen molar-refractivity contribution >= 4 is 11.7 Å². The number of aromatic nitrogens is 2. The van der Waals surface area contributed by atoms with Gasteiger partial charge in [-0.3, -0.25) is 9.48 Å². The number of amides is 1. The van der Waals surface area contributed by atoms with Crippen LogP contribution in [0.25, 0.3) is 0 Å². The number of fused-ring (bicyclic) bond motifs is 1. The largest absolute Gasteiger partial charge is 0.311 e. The Labute approximate surface area is 112 Å². The third kappa shape index (κ3) is 1.93. The summed E-state index contributed by atoms with van der Waals surface area (Å²) in [5.74, 6) is 1.000. The van der Waals surface area contributed by atoms with Crippen LogP contribution in [0.2, 0.25) is 0 Å². The van der Waals surface area contributed by atoms with E-state index in [1.165, 1.54) is 11.1 Å². The van der Waals surface area contributed by atoms with Crippen molar-refractivity contribution in [3.8, 4) is 0 Å².